The monoisotopic (exact) mass is 1110 g/mol. The molecule has 1 fully saturated rings. The molecule has 1 aliphatic rings. The molecule has 0 saturated carbocycles. The molecule has 0 aliphatic carbocycles. The van der Waals surface area contributed by atoms with E-state index in [1.54, 1.807) is 6.08 Å². The van der Waals surface area contributed by atoms with E-state index in [0.717, 1.165) is 128 Å². The zero-order valence-electron chi connectivity index (χ0n) is 50.5. The molecule has 0 aromatic carbocycles. The van der Waals surface area contributed by atoms with Crippen LogP contribution < -0.4 is 5.32 Å². The van der Waals surface area contributed by atoms with Gasteiger partial charge in [-0.05, 0) is 96.3 Å². The summed E-state index contributed by atoms with van der Waals surface area (Å²) < 4.78 is 17.6. The van der Waals surface area contributed by atoms with Crippen LogP contribution in [0, 0.1) is 0 Å². The van der Waals surface area contributed by atoms with Crippen molar-refractivity contribution in [1.82, 2.24) is 5.32 Å². The smallest absolute Gasteiger partial charge is 0.306 e. The Kier molecular flexibility index (Phi) is 51.8. The number of rotatable bonds is 54. The van der Waals surface area contributed by atoms with Crippen LogP contribution in [-0.2, 0) is 23.8 Å². The van der Waals surface area contributed by atoms with Crippen molar-refractivity contribution in [3.63, 3.8) is 0 Å². The van der Waals surface area contributed by atoms with E-state index >= 15 is 0 Å². The lowest BCUT2D eigenvalue weighted by Gasteiger charge is -2.41. The van der Waals surface area contributed by atoms with E-state index in [1.807, 2.05) is 6.08 Å². The van der Waals surface area contributed by atoms with Crippen molar-refractivity contribution >= 4 is 11.9 Å². The van der Waals surface area contributed by atoms with Crippen LogP contribution in [0.3, 0.4) is 0 Å². The third-order valence-electron chi connectivity index (χ3n) is 14.8. The largest absolute Gasteiger partial charge is 0.454 e. The van der Waals surface area contributed by atoms with Crippen molar-refractivity contribution in [2.75, 3.05) is 13.2 Å². The quantitative estimate of drug-likeness (QED) is 0.0195. The van der Waals surface area contributed by atoms with Crippen LogP contribution in [0.1, 0.15) is 271 Å². The Labute approximate surface area is 483 Å². The van der Waals surface area contributed by atoms with Crippen LogP contribution in [0.4, 0.5) is 0 Å². The van der Waals surface area contributed by atoms with Crippen molar-refractivity contribution in [2.45, 2.75) is 320 Å². The maximum atomic E-state index is 13.4. The number of aliphatic hydroxyl groups excluding tert-OH is 5. The Morgan fingerprint density at radius 2 is 0.911 bits per heavy atom. The van der Waals surface area contributed by atoms with E-state index in [0.29, 0.717) is 12.8 Å². The van der Waals surface area contributed by atoms with Crippen LogP contribution >= 0.6 is 0 Å². The van der Waals surface area contributed by atoms with E-state index in [1.165, 1.54) is 96.3 Å². The second-order valence-electron chi connectivity index (χ2n) is 22.1. The first-order valence-electron chi connectivity index (χ1n) is 32.4. The van der Waals surface area contributed by atoms with Gasteiger partial charge >= 0.3 is 5.97 Å². The lowest BCUT2D eigenvalue weighted by Crippen LogP contribution is -2.61. The van der Waals surface area contributed by atoms with Gasteiger partial charge in [0, 0.05) is 6.42 Å². The molecular weight excluding hydrogens is 991 g/mol. The van der Waals surface area contributed by atoms with Gasteiger partial charge in [0.1, 0.15) is 24.4 Å². The maximum absolute atomic E-state index is 13.4. The Bertz CT molecular complexity index is 1610. The minimum atomic E-state index is -1.62. The fourth-order valence-corrected chi connectivity index (χ4v) is 9.67. The minimum Gasteiger partial charge on any atom is -0.454 e. The highest BCUT2D eigenvalue weighted by Gasteiger charge is 2.47. The van der Waals surface area contributed by atoms with Crippen molar-refractivity contribution < 1.29 is 49.3 Å². The molecule has 79 heavy (non-hydrogen) atoms. The van der Waals surface area contributed by atoms with Gasteiger partial charge in [0.15, 0.2) is 12.4 Å². The summed E-state index contributed by atoms with van der Waals surface area (Å²) >= 11 is 0. The number of aliphatic hydroxyl groups is 5. The molecule has 456 valence electrons. The van der Waals surface area contributed by atoms with Gasteiger partial charge in [-0.15, -0.1) is 0 Å². The van der Waals surface area contributed by atoms with Gasteiger partial charge in [0.25, 0.3) is 0 Å². The fraction of sp³-hybridized carbons (Fsp3) is 0.765. The summed E-state index contributed by atoms with van der Waals surface area (Å²) in [5, 5.41) is 57.0. The standard InChI is InChI=1S/C68H119NO10/c1-4-7-10-13-16-19-22-24-26-28-29-30-31-32-33-34-36-38-41-44-47-50-53-56-63(73)79-66-65(75)64(74)62(57-70)78-68(66)77-58-59(60(71)54-51-48-45-42-39-21-18-15-12-9-6-3)69-67(76)61(72)55-52-49-46-43-40-37-35-27-25-23-20-17-14-11-8-5-2/h7,10,16,19,24-27,29-30,32-33,51,54,59-62,64-66,68,70-72,74-75H,4-6,8-9,11-15,17-18,20-23,28,31,34-50,52-53,55-58H2,1-3H3,(H,69,76)/b10-7-,19-16-,26-24-,27-25+,30-29-,33-32-,54-51+. The number of amides is 1. The van der Waals surface area contributed by atoms with Crippen molar-refractivity contribution in [3.05, 3.63) is 85.1 Å². The first kappa shape index (κ1) is 73.9. The molecule has 8 unspecified atom stereocenters. The molecule has 1 amide bonds. The van der Waals surface area contributed by atoms with Gasteiger partial charge in [-0.3, -0.25) is 9.59 Å². The van der Waals surface area contributed by atoms with Crippen molar-refractivity contribution in [2.24, 2.45) is 0 Å². The minimum absolute atomic E-state index is 0.107. The third-order valence-corrected chi connectivity index (χ3v) is 14.8. The Morgan fingerprint density at radius 1 is 0.506 bits per heavy atom. The summed E-state index contributed by atoms with van der Waals surface area (Å²) in [5.74, 6) is -1.21. The number of allylic oxidation sites excluding steroid dienone is 13. The van der Waals surface area contributed by atoms with Crippen molar-refractivity contribution in [3.8, 4) is 0 Å². The normalized spacial score (nSPS) is 19.4. The number of esters is 1. The third kappa shape index (κ3) is 43.2. The maximum Gasteiger partial charge on any atom is 0.306 e. The molecule has 8 atom stereocenters. The summed E-state index contributed by atoms with van der Waals surface area (Å²) in [6.07, 6.45) is 61.9. The molecule has 0 aromatic rings. The van der Waals surface area contributed by atoms with Gasteiger partial charge in [-0.2, -0.15) is 0 Å². The highest BCUT2D eigenvalue weighted by molar-refractivity contribution is 5.80. The summed E-state index contributed by atoms with van der Waals surface area (Å²) in [6.45, 7) is 5.66. The van der Waals surface area contributed by atoms with Crippen LogP contribution in [0.5, 0.6) is 0 Å². The molecule has 0 bridgehead atoms. The number of ether oxygens (including phenoxy) is 3. The molecule has 6 N–H and O–H groups in total. The first-order valence-corrected chi connectivity index (χ1v) is 32.4. The average Bonchev–Trinajstić information content (AvgIpc) is 3.47. The number of hydrogen-bond acceptors (Lipinski definition) is 10. The molecule has 0 spiro atoms. The van der Waals surface area contributed by atoms with E-state index in [-0.39, 0.29) is 19.4 Å². The summed E-state index contributed by atoms with van der Waals surface area (Å²) in [4.78, 5) is 26.6. The second kappa shape index (κ2) is 55.4. The number of hydrogen-bond donors (Lipinski definition) is 6. The first-order chi connectivity index (χ1) is 38.7. The Balaban J connectivity index is 2.63. The molecule has 0 aromatic heterocycles. The summed E-state index contributed by atoms with van der Waals surface area (Å²) in [5.41, 5.74) is 0. The number of nitrogens with one attached hydrogen (secondary N) is 1. The Morgan fingerprint density at radius 3 is 1.38 bits per heavy atom. The van der Waals surface area contributed by atoms with Gasteiger partial charge < -0.3 is 45.1 Å². The molecule has 11 nitrogen and oxygen atoms in total. The van der Waals surface area contributed by atoms with Crippen LogP contribution in [-0.4, -0.2) is 99.6 Å². The molecule has 1 heterocycles. The predicted octanol–water partition coefficient (Wildman–Crippen LogP) is 15.7. The number of carbonyl (C=O) groups is 2. The lowest BCUT2D eigenvalue weighted by molar-refractivity contribution is -0.305. The van der Waals surface area contributed by atoms with Gasteiger partial charge in [0.05, 0.1) is 25.4 Å². The molecular formula is C68H119NO10. The van der Waals surface area contributed by atoms with E-state index in [4.69, 9.17) is 14.2 Å². The van der Waals surface area contributed by atoms with Gasteiger partial charge in [-0.1, -0.05) is 254 Å². The van der Waals surface area contributed by atoms with E-state index in [9.17, 15) is 35.1 Å². The highest BCUT2D eigenvalue weighted by atomic mass is 16.7. The zero-order valence-corrected chi connectivity index (χ0v) is 50.5. The predicted molar refractivity (Wildman–Crippen MR) is 329 cm³/mol. The fourth-order valence-electron chi connectivity index (χ4n) is 9.67. The Hall–Kier alpha value is -3.16. The zero-order chi connectivity index (χ0) is 57.5. The van der Waals surface area contributed by atoms with Crippen LogP contribution in [0.25, 0.3) is 0 Å². The summed E-state index contributed by atoms with van der Waals surface area (Å²) in [6, 6.07) is -1.03. The topological polar surface area (TPSA) is 175 Å². The molecule has 0 radical (unpaired) electrons. The van der Waals surface area contributed by atoms with Crippen molar-refractivity contribution in [1.29, 1.82) is 0 Å². The van der Waals surface area contributed by atoms with Gasteiger partial charge in [-0.25, -0.2) is 0 Å². The van der Waals surface area contributed by atoms with E-state index in [2.05, 4.69) is 99.0 Å². The summed E-state index contributed by atoms with van der Waals surface area (Å²) in [7, 11) is 0. The lowest BCUT2D eigenvalue weighted by atomic mass is 9.99. The van der Waals surface area contributed by atoms with Crippen LogP contribution in [0.15, 0.2) is 85.1 Å². The second-order valence-corrected chi connectivity index (χ2v) is 22.1. The SMILES string of the molecule is CC/C=C\C/C=C\C/C=C\C/C=C\C/C=C\CCCCCCCCCC(=O)OC1C(OCC(NC(=O)C(O)CCCCCCCC/C=C/CCCCCCCC)C(O)/C=C/CCCCCCCCCCC)OC(CO)C(O)C1O. The highest BCUT2D eigenvalue weighted by Crippen LogP contribution is 2.26. The average molecular weight is 1110 g/mol. The molecule has 1 rings (SSSR count). The number of unbranched alkanes of at least 4 members (excludes halogenated alkanes) is 28. The van der Waals surface area contributed by atoms with E-state index < -0.39 is 67.4 Å². The number of carbonyl (C=O) groups excluding carboxylic acids is 2. The van der Waals surface area contributed by atoms with Gasteiger partial charge in [0.2, 0.25) is 5.91 Å². The molecule has 11 heteroatoms. The molecule has 1 saturated heterocycles. The van der Waals surface area contributed by atoms with Crippen LogP contribution in [0.2, 0.25) is 0 Å². The molecule has 1 aliphatic heterocycles.